The van der Waals surface area contributed by atoms with Crippen LogP contribution in [-0.4, -0.2) is 14.9 Å². The van der Waals surface area contributed by atoms with Crippen molar-refractivity contribution in [1.82, 2.24) is 9.78 Å². The fourth-order valence-corrected chi connectivity index (χ4v) is 2.45. The number of hydrogen-bond acceptors (Lipinski definition) is 2. The molecule has 0 aromatic carbocycles. The summed E-state index contributed by atoms with van der Waals surface area (Å²) in [5.74, 6) is 0.448. The molecule has 0 bridgehead atoms. The molecule has 104 valence electrons. The van der Waals surface area contributed by atoms with Crippen LogP contribution in [0.3, 0.4) is 0 Å². The molecular weight excluding hydrogens is 292 g/mol. The van der Waals surface area contributed by atoms with Crippen LogP contribution in [0.4, 0.5) is 0 Å². The molecule has 0 aliphatic rings. The van der Waals surface area contributed by atoms with E-state index in [1.54, 1.807) is 6.20 Å². The lowest BCUT2D eigenvalue weighted by atomic mass is 9.78. The largest absolute Gasteiger partial charge is 0.387 e. The van der Waals surface area contributed by atoms with Crippen LogP contribution in [0.25, 0.3) is 0 Å². The van der Waals surface area contributed by atoms with E-state index < -0.39 is 6.10 Å². The smallest absolute Gasteiger partial charge is 0.0970 e. The first-order valence-corrected chi connectivity index (χ1v) is 7.46. The normalized spacial score (nSPS) is 15.7. The Morgan fingerprint density at radius 1 is 1.44 bits per heavy atom. The first-order chi connectivity index (χ1) is 8.27. The Bertz CT molecular complexity index is 382. The number of aromatic nitrogens is 2. The van der Waals surface area contributed by atoms with Crippen LogP contribution in [0.15, 0.2) is 10.7 Å². The summed E-state index contributed by atoms with van der Waals surface area (Å²) in [7, 11) is 0. The van der Waals surface area contributed by atoms with Gasteiger partial charge in [0.2, 0.25) is 0 Å². The highest BCUT2D eigenvalue weighted by molar-refractivity contribution is 9.10. The predicted molar refractivity (Wildman–Crippen MR) is 78.4 cm³/mol. The van der Waals surface area contributed by atoms with Gasteiger partial charge in [0, 0.05) is 6.54 Å². The molecule has 0 aliphatic carbocycles. The zero-order valence-corrected chi connectivity index (χ0v) is 13.7. The summed E-state index contributed by atoms with van der Waals surface area (Å²) in [4.78, 5) is 0. The molecule has 3 nitrogen and oxygen atoms in total. The Morgan fingerprint density at radius 2 is 2.06 bits per heavy atom. The van der Waals surface area contributed by atoms with E-state index in [9.17, 15) is 5.11 Å². The number of aryl methyl sites for hydroxylation is 1. The van der Waals surface area contributed by atoms with Crippen LogP contribution in [0.5, 0.6) is 0 Å². The number of aliphatic hydroxyl groups excluding tert-OH is 1. The van der Waals surface area contributed by atoms with Gasteiger partial charge in [-0.3, -0.25) is 4.68 Å². The maximum absolute atomic E-state index is 10.4. The molecule has 1 heterocycles. The van der Waals surface area contributed by atoms with E-state index in [0.717, 1.165) is 29.6 Å². The average Bonchev–Trinajstić information content (AvgIpc) is 2.59. The maximum atomic E-state index is 10.4. The van der Waals surface area contributed by atoms with Gasteiger partial charge in [-0.2, -0.15) is 5.10 Å². The predicted octanol–water partition coefficient (Wildman–Crippen LogP) is 4.16. The number of nitrogens with zero attached hydrogens (tertiary/aromatic N) is 2. The lowest BCUT2D eigenvalue weighted by molar-refractivity contribution is 0.103. The van der Waals surface area contributed by atoms with Crippen molar-refractivity contribution < 1.29 is 5.11 Å². The molecule has 1 aromatic rings. The summed E-state index contributed by atoms with van der Waals surface area (Å²) >= 11 is 3.48. The second kappa shape index (κ2) is 6.20. The fraction of sp³-hybridized carbons (Fsp3) is 0.786. The third-order valence-electron chi connectivity index (χ3n) is 3.64. The second-order valence-corrected chi connectivity index (χ2v) is 6.97. The van der Waals surface area contributed by atoms with Gasteiger partial charge in [-0.1, -0.05) is 34.6 Å². The second-order valence-electron chi connectivity index (χ2n) is 6.12. The fourth-order valence-electron chi connectivity index (χ4n) is 1.89. The highest BCUT2D eigenvalue weighted by Crippen LogP contribution is 2.35. The van der Waals surface area contributed by atoms with Gasteiger partial charge in [0.15, 0.2) is 0 Å². The summed E-state index contributed by atoms with van der Waals surface area (Å²) in [6, 6.07) is 0. The maximum Gasteiger partial charge on any atom is 0.0970 e. The number of halogens is 1. The molecule has 1 aromatic heterocycles. The Kier molecular flexibility index (Phi) is 5.41. The van der Waals surface area contributed by atoms with Gasteiger partial charge >= 0.3 is 0 Å². The lowest BCUT2D eigenvalue weighted by Gasteiger charge is -2.29. The molecule has 1 rings (SSSR count). The summed E-state index contributed by atoms with van der Waals surface area (Å²) in [6.07, 6.45) is 3.10. The van der Waals surface area contributed by atoms with Crippen molar-refractivity contribution in [1.29, 1.82) is 0 Å². The van der Waals surface area contributed by atoms with E-state index in [2.05, 4.69) is 55.6 Å². The minimum atomic E-state index is -0.456. The Hall–Kier alpha value is -0.350. The van der Waals surface area contributed by atoms with Crippen LogP contribution in [0.2, 0.25) is 0 Å². The molecule has 0 saturated carbocycles. The Balaban J connectivity index is 2.83. The molecule has 0 aliphatic heterocycles. The summed E-state index contributed by atoms with van der Waals surface area (Å²) in [5, 5.41) is 14.7. The topological polar surface area (TPSA) is 38.0 Å². The molecule has 18 heavy (non-hydrogen) atoms. The lowest BCUT2D eigenvalue weighted by Crippen LogP contribution is -2.21. The van der Waals surface area contributed by atoms with E-state index in [4.69, 9.17) is 0 Å². The minimum Gasteiger partial charge on any atom is -0.387 e. The van der Waals surface area contributed by atoms with Gasteiger partial charge in [-0.25, -0.2) is 0 Å². The number of hydrogen-bond donors (Lipinski definition) is 1. The van der Waals surface area contributed by atoms with Crippen molar-refractivity contribution in [2.75, 3.05) is 0 Å². The highest BCUT2D eigenvalue weighted by Gasteiger charge is 2.26. The van der Waals surface area contributed by atoms with Crippen molar-refractivity contribution >= 4 is 15.9 Å². The summed E-state index contributed by atoms with van der Waals surface area (Å²) in [6.45, 7) is 11.8. The monoisotopic (exact) mass is 316 g/mol. The van der Waals surface area contributed by atoms with Crippen LogP contribution >= 0.6 is 15.9 Å². The zero-order valence-electron chi connectivity index (χ0n) is 12.1. The molecule has 2 unspecified atom stereocenters. The van der Waals surface area contributed by atoms with E-state index >= 15 is 0 Å². The highest BCUT2D eigenvalue weighted by atomic mass is 79.9. The summed E-state index contributed by atoms with van der Waals surface area (Å²) in [5.41, 5.74) is 1.12. The third-order valence-corrected chi connectivity index (χ3v) is 4.25. The molecule has 0 saturated heterocycles. The molecule has 0 fully saturated rings. The molecule has 4 heteroatoms. The van der Waals surface area contributed by atoms with Crippen LogP contribution in [0, 0.1) is 11.3 Å². The Labute approximate surface area is 119 Å². The van der Waals surface area contributed by atoms with Crippen molar-refractivity contribution in [2.45, 2.75) is 60.1 Å². The van der Waals surface area contributed by atoms with Crippen molar-refractivity contribution in [3.8, 4) is 0 Å². The average molecular weight is 317 g/mol. The zero-order chi connectivity index (χ0) is 13.9. The standard InChI is InChI=1S/C14H25BrN2O/c1-6-7-17-13(11(15)9-16-17)12(18)8-10(2)14(3,4)5/h9-10,12,18H,6-8H2,1-5H3. The van der Waals surface area contributed by atoms with E-state index in [1.165, 1.54) is 0 Å². The van der Waals surface area contributed by atoms with Gasteiger partial charge in [0.25, 0.3) is 0 Å². The first kappa shape index (κ1) is 15.7. The van der Waals surface area contributed by atoms with E-state index in [-0.39, 0.29) is 5.41 Å². The van der Waals surface area contributed by atoms with Gasteiger partial charge < -0.3 is 5.11 Å². The molecule has 1 N–H and O–H groups in total. The van der Waals surface area contributed by atoms with Crippen LogP contribution < -0.4 is 0 Å². The van der Waals surface area contributed by atoms with Crippen molar-refractivity contribution in [2.24, 2.45) is 11.3 Å². The summed E-state index contributed by atoms with van der Waals surface area (Å²) < 4.78 is 2.81. The minimum absolute atomic E-state index is 0.211. The van der Waals surface area contributed by atoms with Crippen molar-refractivity contribution in [3.63, 3.8) is 0 Å². The molecular formula is C14H25BrN2O. The molecule has 0 spiro atoms. The van der Waals surface area contributed by atoms with Crippen LogP contribution in [0.1, 0.15) is 59.3 Å². The van der Waals surface area contributed by atoms with E-state index in [0.29, 0.717) is 5.92 Å². The van der Waals surface area contributed by atoms with Crippen LogP contribution in [-0.2, 0) is 6.54 Å². The molecule has 2 atom stereocenters. The first-order valence-electron chi connectivity index (χ1n) is 6.66. The SMILES string of the molecule is CCCn1ncc(Br)c1C(O)CC(C)C(C)(C)C. The number of rotatable bonds is 5. The Morgan fingerprint density at radius 3 is 2.56 bits per heavy atom. The van der Waals surface area contributed by atoms with Gasteiger partial charge in [0.1, 0.15) is 0 Å². The van der Waals surface area contributed by atoms with Crippen molar-refractivity contribution in [3.05, 3.63) is 16.4 Å². The molecule has 0 radical (unpaired) electrons. The quantitative estimate of drug-likeness (QED) is 0.885. The molecule has 0 amide bonds. The van der Waals surface area contributed by atoms with Gasteiger partial charge in [-0.15, -0.1) is 0 Å². The number of aliphatic hydroxyl groups is 1. The van der Waals surface area contributed by atoms with Gasteiger partial charge in [-0.05, 0) is 40.1 Å². The third kappa shape index (κ3) is 3.82. The van der Waals surface area contributed by atoms with Gasteiger partial charge in [0.05, 0.1) is 22.5 Å². The van der Waals surface area contributed by atoms with E-state index in [1.807, 2.05) is 4.68 Å².